The van der Waals surface area contributed by atoms with Crippen LogP contribution in [0.5, 0.6) is 0 Å². The fraction of sp³-hybridized carbons (Fsp3) is 0.800. The third-order valence-electron chi connectivity index (χ3n) is 3.95. The molecule has 3 nitrogen and oxygen atoms in total. The summed E-state index contributed by atoms with van der Waals surface area (Å²) in [6.07, 6.45) is 7.33. The molecular formula is C15H27N3. The maximum absolute atomic E-state index is 4.63. The Morgan fingerprint density at radius 1 is 1.44 bits per heavy atom. The van der Waals surface area contributed by atoms with E-state index in [1.54, 1.807) is 0 Å². The van der Waals surface area contributed by atoms with Crippen LogP contribution in [0.4, 0.5) is 5.95 Å². The Labute approximate surface area is 111 Å². The van der Waals surface area contributed by atoms with Crippen molar-refractivity contribution in [1.82, 2.24) is 9.55 Å². The highest BCUT2D eigenvalue weighted by Gasteiger charge is 2.28. The Balaban J connectivity index is 2.09. The summed E-state index contributed by atoms with van der Waals surface area (Å²) in [4.78, 5) is 4.63. The molecule has 0 aliphatic heterocycles. The van der Waals surface area contributed by atoms with Crippen LogP contribution in [0.2, 0.25) is 0 Å². The van der Waals surface area contributed by atoms with E-state index in [-0.39, 0.29) is 0 Å². The van der Waals surface area contributed by atoms with E-state index in [2.05, 4.69) is 55.7 Å². The van der Waals surface area contributed by atoms with Crippen LogP contribution in [-0.2, 0) is 0 Å². The third-order valence-corrected chi connectivity index (χ3v) is 3.95. The van der Waals surface area contributed by atoms with E-state index in [9.17, 15) is 0 Å². The van der Waals surface area contributed by atoms with Gasteiger partial charge in [0.2, 0.25) is 5.95 Å². The minimum Gasteiger partial charge on any atom is -0.353 e. The maximum Gasteiger partial charge on any atom is 0.203 e. The van der Waals surface area contributed by atoms with Gasteiger partial charge in [0.25, 0.3) is 0 Å². The molecule has 0 spiro atoms. The lowest BCUT2D eigenvalue weighted by Crippen LogP contribution is -2.32. The van der Waals surface area contributed by atoms with E-state index < -0.39 is 0 Å². The third kappa shape index (κ3) is 3.06. The van der Waals surface area contributed by atoms with Crippen molar-refractivity contribution in [1.29, 1.82) is 0 Å². The molecule has 1 unspecified atom stereocenters. The van der Waals surface area contributed by atoms with E-state index >= 15 is 0 Å². The van der Waals surface area contributed by atoms with Crippen LogP contribution in [0.3, 0.4) is 0 Å². The van der Waals surface area contributed by atoms with E-state index in [0.29, 0.717) is 17.5 Å². The van der Waals surface area contributed by atoms with Crippen molar-refractivity contribution in [2.75, 3.05) is 5.32 Å². The number of anilines is 1. The van der Waals surface area contributed by atoms with Gasteiger partial charge in [-0.3, -0.25) is 0 Å². The van der Waals surface area contributed by atoms with Crippen molar-refractivity contribution >= 4 is 5.95 Å². The largest absolute Gasteiger partial charge is 0.353 e. The van der Waals surface area contributed by atoms with Gasteiger partial charge in [-0.15, -0.1) is 0 Å². The molecule has 1 aliphatic carbocycles. The number of hydrogen-bond acceptors (Lipinski definition) is 2. The molecule has 1 heterocycles. The van der Waals surface area contributed by atoms with Crippen LogP contribution in [0, 0.1) is 12.3 Å². The molecule has 1 aromatic rings. The van der Waals surface area contributed by atoms with Crippen molar-refractivity contribution in [3.63, 3.8) is 0 Å². The summed E-state index contributed by atoms with van der Waals surface area (Å²) in [7, 11) is 0. The average Bonchev–Trinajstić information content (AvgIpc) is 2.58. The Bertz CT molecular complexity index is 404. The molecule has 18 heavy (non-hydrogen) atoms. The maximum atomic E-state index is 4.63. The minimum absolute atomic E-state index is 0.463. The highest BCUT2D eigenvalue weighted by Crippen LogP contribution is 2.36. The molecule has 1 aromatic heterocycles. The summed E-state index contributed by atoms with van der Waals surface area (Å²) < 4.78 is 2.25. The van der Waals surface area contributed by atoms with E-state index in [1.165, 1.54) is 25.7 Å². The lowest BCUT2D eigenvalue weighted by Gasteiger charge is -2.35. The highest BCUT2D eigenvalue weighted by atomic mass is 15.2. The summed E-state index contributed by atoms with van der Waals surface area (Å²) in [5.74, 6) is 1.05. The summed E-state index contributed by atoms with van der Waals surface area (Å²) in [6.45, 7) is 11.2. The fourth-order valence-corrected chi connectivity index (χ4v) is 3.02. The molecule has 0 bridgehead atoms. The van der Waals surface area contributed by atoms with Crippen molar-refractivity contribution in [3.8, 4) is 0 Å². The average molecular weight is 249 g/mol. The van der Waals surface area contributed by atoms with Gasteiger partial charge in [-0.2, -0.15) is 0 Å². The molecule has 0 saturated heterocycles. The smallest absolute Gasteiger partial charge is 0.203 e. The lowest BCUT2D eigenvalue weighted by atomic mass is 9.75. The van der Waals surface area contributed by atoms with Crippen LogP contribution in [0.15, 0.2) is 6.20 Å². The Kier molecular flexibility index (Phi) is 3.69. The summed E-state index contributed by atoms with van der Waals surface area (Å²) in [5.41, 5.74) is 1.57. The zero-order valence-electron chi connectivity index (χ0n) is 12.5. The molecule has 0 amide bonds. The summed E-state index contributed by atoms with van der Waals surface area (Å²) >= 11 is 0. The SMILES string of the molecule is Cc1cn(C(C)C)c(NC2CCCC(C)(C)C2)n1. The van der Waals surface area contributed by atoms with Crippen LogP contribution >= 0.6 is 0 Å². The van der Waals surface area contributed by atoms with Crippen molar-refractivity contribution in [2.45, 2.75) is 72.4 Å². The topological polar surface area (TPSA) is 29.9 Å². The second-order valence-corrected chi connectivity index (χ2v) is 6.81. The van der Waals surface area contributed by atoms with Gasteiger partial charge in [0, 0.05) is 18.3 Å². The number of nitrogens with zero attached hydrogens (tertiary/aromatic N) is 2. The standard InChI is InChI=1S/C15H27N3/c1-11(2)18-10-12(3)16-14(18)17-13-7-6-8-15(4,5)9-13/h10-11,13H,6-9H2,1-5H3,(H,16,17). The Morgan fingerprint density at radius 2 is 2.17 bits per heavy atom. The normalized spacial score (nSPS) is 23.3. The molecule has 0 radical (unpaired) electrons. The van der Waals surface area contributed by atoms with Gasteiger partial charge in [0.15, 0.2) is 0 Å². The van der Waals surface area contributed by atoms with Crippen molar-refractivity contribution in [3.05, 3.63) is 11.9 Å². The quantitative estimate of drug-likeness (QED) is 0.872. The molecule has 1 N–H and O–H groups in total. The number of imidazole rings is 1. The van der Waals surface area contributed by atoms with Gasteiger partial charge >= 0.3 is 0 Å². The first kappa shape index (κ1) is 13.4. The molecule has 102 valence electrons. The number of hydrogen-bond donors (Lipinski definition) is 1. The van der Waals surface area contributed by atoms with Crippen molar-refractivity contribution in [2.24, 2.45) is 5.41 Å². The predicted molar refractivity (Wildman–Crippen MR) is 77.0 cm³/mol. The molecule has 1 fully saturated rings. The molecular weight excluding hydrogens is 222 g/mol. The van der Waals surface area contributed by atoms with Crippen LogP contribution in [0.25, 0.3) is 0 Å². The number of rotatable bonds is 3. The monoisotopic (exact) mass is 249 g/mol. The van der Waals surface area contributed by atoms with Crippen molar-refractivity contribution < 1.29 is 0 Å². The van der Waals surface area contributed by atoms with Crippen LogP contribution in [0.1, 0.15) is 65.1 Å². The first-order valence-electron chi connectivity index (χ1n) is 7.19. The molecule has 1 saturated carbocycles. The Hall–Kier alpha value is -0.990. The second-order valence-electron chi connectivity index (χ2n) is 6.81. The van der Waals surface area contributed by atoms with Gasteiger partial charge < -0.3 is 9.88 Å². The second kappa shape index (κ2) is 4.94. The molecule has 0 aromatic carbocycles. The zero-order valence-corrected chi connectivity index (χ0v) is 12.5. The molecule has 1 atom stereocenters. The molecule has 2 rings (SSSR count). The van der Waals surface area contributed by atoms with Gasteiger partial charge in [0.1, 0.15) is 0 Å². The number of aryl methyl sites for hydroxylation is 1. The van der Waals surface area contributed by atoms with Crippen LogP contribution in [-0.4, -0.2) is 15.6 Å². The lowest BCUT2D eigenvalue weighted by molar-refractivity contribution is 0.229. The highest BCUT2D eigenvalue weighted by molar-refractivity contribution is 5.31. The first-order chi connectivity index (χ1) is 8.37. The molecule has 1 aliphatic rings. The van der Waals surface area contributed by atoms with E-state index in [0.717, 1.165) is 11.6 Å². The van der Waals surface area contributed by atoms with Gasteiger partial charge in [0.05, 0.1) is 5.69 Å². The van der Waals surface area contributed by atoms with Gasteiger partial charge in [-0.25, -0.2) is 4.98 Å². The number of aromatic nitrogens is 2. The fourth-order valence-electron chi connectivity index (χ4n) is 3.02. The minimum atomic E-state index is 0.463. The predicted octanol–water partition coefficient (Wildman–Crippen LogP) is 4.15. The summed E-state index contributed by atoms with van der Waals surface area (Å²) in [6, 6.07) is 1.04. The van der Waals surface area contributed by atoms with Gasteiger partial charge in [-0.1, -0.05) is 20.3 Å². The van der Waals surface area contributed by atoms with E-state index in [4.69, 9.17) is 0 Å². The Morgan fingerprint density at radius 3 is 2.78 bits per heavy atom. The molecule has 3 heteroatoms. The van der Waals surface area contributed by atoms with Gasteiger partial charge in [-0.05, 0) is 45.4 Å². The first-order valence-corrected chi connectivity index (χ1v) is 7.19. The van der Waals surface area contributed by atoms with Crippen LogP contribution < -0.4 is 5.32 Å². The number of nitrogens with one attached hydrogen (secondary N) is 1. The zero-order chi connectivity index (χ0) is 13.3. The summed E-state index contributed by atoms with van der Waals surface area (Å²) in [5, 5.41) is 3.66. The van der Waals surface area contributed by atoms with E-state index in [1.807, 2.05) is 0 Å².